The second-order valence-corrected chi connectivity index (χ2v) is 3.87. The van der Waals surface area contributed by atoms with E-state index in [2.05, 4.69) is 15.6 Å². The standard InChI is InChI=1S/C13H11F2N3O/c1-8(19)17-10-3-5-13(16-7-10)18-9-2-4-11(14)12(15)6-9/h2-7H,1H3,(H,16,18)(H,17,19). The summed E-state index contributed by atoms with van der Waals surface area (Å²) in [6.07, 6.45) is 1.46. The number of anilines is 3. The van der Waals surface area contributed by atoms with Crippen molar-refractivity contribution in [2.75, 3.05) is 10.6 Å². The fourth-order valence-electron chi connectivity index (χ4n) is 1.47. The maximum Gasteiger partial charge on any atom is 0.221 e. The van der Waals surface area contributed by atoms with Crippen LogP contribution in [0, 0.1) is 11.6 Å². The molecule has 0 radical (unpaired) electrons. The maximum absolute atomic E-state index is 13.0. The van der Waals surface area contributed by atoms with E-state index in [0.29, 0.717) is 17.2 Å². The van der Waals surface area contributed by atoms with Crippen LogP contribution in [0.4, 0.5) is 26.0 Å². The highest BCUT2D eigenvalue weighted by Crippen LogP contribution is 2.18. The summed E-state index contributed by atoms with van der Waals surface area (Å²) in [5.74, 6) is -1.57. The minimum atomic E-state index is -0.931. The Bertz CT molecular complexity index is 599. The highest BCUT2D eigenvalue weighted by Gasteiger charge is 2.03. The molecule has 0 aliphatic rings. The number of aromatic nitrogens is 1. The van der Waals surface area contributed by atoms with E-state index in [4.69, 9.17) is 0 Å². The van der Waals surface area contributed by atoms with Crippen molar-refractivity contribution in [3.63, 3.8) is 0 Å². The Morgan fingerprint density at radius 1 is 1.11 bits per heavy atom. The van der Waals surface area contributed by atoms with Gasteiger partial charge >= 0.3 is 0 Å². The average molecular weight is 263 g/mol. The highest BCUT2D eigenvalue weighted by molar-refractivity contribution is 5.88. The lowest BCUT2D eigenvalue weighted by atomic mass is 10.3. The van der Waals surface area contributed by atoms with Gasteiger partial charge in [-0.05, 0) is 24.3 Å². The molecular formula is C13H11F2N3O. The van der Waals surface area contributed by atoms with Crippen LogP contribution in [0.1, 0.15) is 6.92 Å². The van der Waals surface area contributed by atoms with Crippen molar-refractivity contribution in [1.29, 1.82) is 0 Å². The summed E-state index contributed by atoms with van der Waals surface area (Å²) >= 11 is 0. The Balaban J connectivity index is 2.10. The van der Waals surface area contributed by atoms with Gasteiger partial charge in [0, 0.05) is 18.7 Å². The topological polar surface area (TPSA) is 54.0 Å². The first-order chi connectivity index (χ1) is 9.04. The van der Waals surface area contributed by atoms with E-state index < -0.39 is 11.6 Å². The lowest BCUT2D eigenvalue weighted by Crippen LogP contribution is -2.06. The molecule has 6 heteroatoms. The summed E-state index contributed by atoms with van der Waals surface area (Å²) < 4.78 is 25.8. The summed E-state index contributed by atoms with van der Waals surface area (Å²) in [5, 5.41) is 5.40. The molecule has 2 aromatic rings. The monoisotopic (exact) mass is 263 g/mol. The Hall–Kier alpha value is -2.50. The molecule has 1 heterocycles. The summed E-state index contributed by atoms with van der Waals surface area (Å²) in [7, 11) is 0. The van der Waals surface area contributed by atoms with Gasteiger partial charge in [0.05, 0.1) is 11.9 Å². The lowest BCUT2D eigenvalue weighted by molar-refractivity contribution is -0.114. The predicted molar refractivity (Wildman–Crippen MR) is 68.2 cm³/mol. The number of carbonyl (C=O) groups is 1. The van der Waals surface area contributed by atoms with Crippen LogP contribution in [-0.2, 0) is 4.79 Å². The molecule has 0 saturated carbocycles. The first-order valence-corrected chi connectivity index (χ1v) is 5.50. The maximum atomic E-state index is 13.0. The van der Waals surface area contributed by atoms with Crippen molar-refractivity contribution in [3.8, 4) is 0 Å². The van der Waals surface area contributed by atoms with Gasteiger partial charge in [0.1, 0.15) is 5.82 Å². The Labute approximate surface area is 108 Å². The number of nitrogens with zero attached hydrogens (tertiary/aromatic N) is 1. The number of nitrogens with one attached hydrogen (secondary N) is 2. The van der Waals surface area contributed by atoms with Crippen LogP contribution < -0.4 is 10.6 Å². The van der Waals surface area contributed by atoms with Gasteiger partial charge in [-0.25, -0.2) is 13.8 Å². The zero-order chi connectivity index (χ0) is 13.8. The minimum absolute atomic E-state index is 0.192. The molecule has 19 heavy (non-hydrogen) atoms. The van der Waals surface area contributed by atoms with Gasteiger partial charge in [-0.2, -0.15) is 0 Å². The smallest absolute Gasteiger partial charge is 0.221 e. The predicted octanol–water partition coefficient (Wildman–Crippen LogP) is 3.06. The van der Waals surface area contributed by atoms with Gasteiger partial charge in [0.2, 0.25) is 5.91 Å². The number of benzene rings is 1. The molecule has 2 rings (SSSR count). The fraction of sp³-hybridized carbons (Fsp3) is 0.0769. The molecule has 1 amide bonds. The number of hydrogen-bond donors (Lipinski definition) is 2. The van der Waals surface area contributed by atoms with E-state index in [-0.39, 0.29) is 5.91 Å². The molecule has 0 saturated heterocycles. The fourth-order valence-corrected chi connectivity index (χ4v) is 1.47. The summed E-state index contributed by atoms with van der Waals surface area (Å²) in [6, 6.07) is 6.74. The van der Waals surface area contributed by atoms with Crippen molar-refractivity contribution in [1.82, 2.24) is 4.98 Å². The first kappa shape index (κ1) is 12.9. The van der Waals surface area contributed by atoms with Gasteiger partial charge in [0.25, 0.3) is 0 Å². The number of hydrogen-bond acceptors (Lipinski definition) is 3. The quantitative estimate of drug-likeness (QED) is 0.894. The molecule has 2 N–H and O–H groups in total. The molecule has 0 aliphatic heterocycles. The van der Waals surface area contributed by atoms with Crippen molar-refractivity contribution < 1.29 is 13.6 Å². The highest BCUT2D eigenvalue weighted by atomic mass is 19.2. The molecule has 4 nitrogen and oxygen atoms in total. The Morgan fingerprint density at radius 3 is 2.42 bits per heavy atom. The third-order valence-electron chi connectivity index (χ3n) is 2.28. The van der Waals surface area contributed by atoms with Gasteiger partial charge in [-0.3, -0.25) is 4.79 Å². The molecule has 98 valence electrons. The van der Waals surface area contributed by atoms with E-state index >= 15 is 0 Å². The van der Waals surface area contributed by atoms with Crippen LogP contribution >= 0.6 is 0 Å². The largest absolute Gasteiger partial charge is 0.340 e. The number of rotatable bonds is 3. The second kappa shape index (κ2) is 5.43. The van der Waals surface area contributed by atoms with Gasteiger partial charge in [-0.1, -0.05) is 0 Å². The third-order valence-corrected chi connectivity index (χ3v) is 2.28. The molecule has 0 unspecified atom stereocenters. The van der Waals surface area contributed by atoms with E-state index in [9.17, 15) is 13.6 Å². The number of halogens is 2. The van der Waals surface area contributed by atoms with Gasteiger partial charge in [0.15, 0.2) is 11.6 Å². The summed E-state index contributed by atoms with van der Waals surface area (Å²) in [5.41, 5.74) is 0.946. The minimum Gasteiger partial charge on any atom is -0.340 e. The average Bonchev–Trinajstić information content (AvgIpc) is 2.36. The van der Waals surface area contributed by atoms with Crippen molar-refractivity contribution in [3.05, 3.63) is 48.2 Å². The first-order valence-electron chi connectivity index (χ1n) is 5.50. The molecular weight excluding hydrogens is 252 g/mol. The van der Waals surface area contributed by atoms with Crippen LogP contribution in [0.2, 0.25) is 0 Å². The van der Waals surface area contributed by atoms with Gasteiger partial charge < -0.3 is 10.6 Å². The molecule has 0 aliphatic carbocycles. The molecule has 1 aromatic carbocycles. The Kier molecular flexibility index (Phi) is 3.70. The SMILES string of the molecule is CC(=O)Nc1ccc(Nc2ccc(F)c(F)c2)nc1. The third kappa shape index (κ3) is 3.48. The van der Waals surface area contributed by atoms with E-state index in [1.807, 2.05) is 0 Å². The second-order valence-electron chi connectivity index (χ2n) is 3.87. The van der Waals surface area contributed by atoms with Crippen molar-refractivity contribution in [2.45, 2.75) is 6.92 Å². The van der Waals surface area contributed by atoms with Crippen LogP contribution in [0.25, 0.3) is 0 Å². The van der Waals surface area contributed by atoms with Crippen molar-refractivity contribution >= 4 is 23.1 Å². The van der Waals surface area contributed by atoms with E-state index in [1.165, 1.54) is 19.2 Å². The van der Waals surface area contributed by atoms with Crippen molar-refractivity contribution in [2.24, 2.45) is 0 Å². The molecule has 0 atom stereocenters. The van der Waals surface area contributed by atoms with Crippen LogP contribution in [0.5, 0.6) is 0 Å². The summed E-state index contributed by atoms with van der Waals surface area (Å²) in [4.78, 5) is 14.9. The van der Waals surface area contributed by atoms with Crippen LogP contribution in [-0.4, -0.2) is 10.9 Å². The molecule has 0 spiro atoms. The van der Waals surface area contributed by atoms with E-state index in [1.54, 1.807) is 12.1 Å². The zero-order valence-corrected chi connectivity index (χ0v) is 10.1. The molecule has 1 aromatic heterocycles. The zero-order valence-electron chi connectivity index (χ0n) is 10.1. The van der Waals surface area contributed by atoms with E-state index in [0.717, 1.165) is 12.1 Å². The number of amides is 1. The number of pyridine rings is 1. The summed E-state index contributed by atoms with van der Waals surface area (Å²) in [6.45, 7) is 1.40. The molecule has 0 fully saturated rings. The number of carbonyl (C=O) groups excluding carboxylic acids is 1. The van der Waals surface area contributed by atoms with Crippen LogP contribution in [0.15, 0.2) is 36.5 Å². The van der Waals surface area contributed by atoms with Crippen LogP contribution in [0.3, 0.4) is 0 Å². The normalized spacial score (nSPS) is 10.1. The Morgan fingerprint density at radius 2 is 1.84 bits per heavy atom. The van der Waals surface area contributed by atoms with Gasteiger partial charge in [-0.15, -0.1) is 0 Å². The lowest BCUT2D eigenvalue weighted by Gasteiger charge is -2.07. The molecule has 0 bridgehead atoms.